The van der Waals surface area contributed by atoms with Gasteiger partial charge in [0.25, 0.3) is 0 Å². The van der Waals surface area contributed by atoms with Gasteiger partial charge in [-0.3, -0.25) is 5.43 Å². The number of quaternary nitrogens is 1. The molecular formula is C13H19N4O+. The molecule has 5 heteroatoms. The molecule has 1 unspecified atom stereocenters. The van der Waals surface area contributed by atoms with Crippen molar-refractivity contribution in [1.29, 1.82) is 0 Å². The topological polar surface area (TPSA) is 71.6 Å². The van der Waals surface area contributed by atoms with Crippen LogP contribution in [0.4, 0.5) is 4.79 Å². The van der Waals surface area contributed by atoms with Crippen LogP contribution < -0.4 is 21.5 Å². The van der Waals surface area contributed by atoms with Crippen LogP contribution in [0.2, 0.25) is 0 Å². The number of hydrogen-bond donors (Lipinski definition) is 4. The van der Waals surface area contributed by atoms with Crippen molar-refractivity contribution < 1.29 is 9.69 Å². The van der Waals surface area contributed by atoms with Gasteiger partial charge in [-0.15, -0.1) is 0 Å². The number of amides is 2. The van der Waals surface area contributed by atoms with E-state index < -0.39 is 6.03 Å². The summed E-state index contributed by atoms with van der Waals surface area (Å²) in [5.74, 6) is 0. The lowest BCUT2D eigenvalue weighted by Gasteiger charge is -2.24. The largest absolute Gasteiger partial charge is 0.350 e. The summed E-state index contributed by atoms with van der Waals surface area (Å²) in [5, 5.41) is 0. The molecule has 0 fully saturated rings. The average Bonchev–Trinajstić information content (AvgIpc) is 2.39. The Morgan fingerprint density at radius 2 is 2.11 bits per heavy atom. The number of rotatable bonds is 4. The lowest BCUT2D eigenvalue weighted by molar-refractivity contribution is -0.909. The molecule has 1 aliphatic heterocycles. The first-order chi connectivity index (χ1) is 8.74. The van der Waals surface area contributed by atoms with E-state index in [0.717, 1.165) is 31.8 Å². The van der Waals surface area contributed by atoms with Gasteiger partial charge < -0.3 is 16.1 Å². The Hall–Kier alpha value is -2.01. The summed E-state index contributed by atoms with van der Waals surface area (Å²) in [6, 6.07) is 9.91. The normalized spacial score (nSPS) is 18.9. The fourth-order valence-corrected chi connectivity index (χ4v) is 2.08. The van der Waals surface area contributed by atoms with Gasteiger partial charge in [-0.25, -0.2) is 4.79 Å². The molecule has 0 radical (unpaired) electrons. The summed E-state index contributed by atoms with van der Waals surface area (Å²) in [6.45, 7) is 3.04. The van der Waals surface area contributed by atoms with Crippen LogP contribution in [-0.4, -0.2) is 19.1 Å². The Labute approximate surface area is 107 Å². The Morgan fingerprint density at radius 3 is 2.72 bits per heavy atom. The van der Waals surface area contributed by atoms with E-state index in [1.165, 1.54) is 10.5 Å². The molecule has 1 heterocycles. The van der Waals surface area contributed by atoms with Crippen molar-refractivity contribution in [2.45, 2.75) is 13.0 Å². The van der Waals surface area contributed by atoms with Crippen molar-refractivity contribution in [2.24, 2.45) is 5.73 Å². The minimum absolute atomic E-state index is 0.560. The maximum Gasteiger partial charge on any atom is 0.330 e. The zero-order valence-electron chi connectivity index (χ0n) is 10.3. The molecule has 96 valence electrons. The number of nitrogens with one attached hydrogen (secondary N) is 3. The first-order valence-corrected chi connectivity index (χ1v) is 6.12. The van der Waals surface area contributed by atoms with Gasteiger partial charge in [0.1, 0.15) is 6.54 Å². The van der Waals surface area contributed by atoms with E-state index in [4.69, 9.17) is 5.73 Å². The highest BCUT2D eigenvalue weighted by molar-refractivity contribution is 5.71. The van der Waals surface area contributed by atoms with E-state index in [9.17, 15) is 4.79 Å². The van der Waals surface area contributed by atoms with Crippen molar-refractivity contribution in [2.75, 3.05) is 13.1 Å². The quantitative estimate of drug-likeness (QED) is 0.543. The molecule has 1 aromatic rings. The van der Waals surface area contributed by atoms with Crippen LogP contribution in [0.25, 0.3) is 0 Å². The predicted molar refractivity (Wildman–Crippen MR) is 69.4 cm³/mol. The lowest BCUT2D eigenvalue weighted by Crippen LogP contribution is -3.11. The van der Waals surface area contributed by atoms with E-state index in [2.05, 4.69) is 41.2 Å². The molecule has 0 spiro atoms. The number of hydrazine groups is 1. The second-order valence-corrected chi connectivity index (χ2v) is 4.46. The number of nitrogens with two attached hydrogens (primary N) is 1. The molecule has 1 atom stereocenters. The standard InChI is InChI=1S/C13H18N4O/c14-13(18)16-15-12-6-8-17(9-7-12)10-11-4-2-1-3-5-11/h1-6,15H,7-10H2,(H3,14,16,18)/p+1. The molecule has 2 rings (SSSR count). The Bertz CT molecular complexity index is 430. The summed E-state index contributed by atoms with van der Waals surface area (Å²) >= 11 is 0. The van der Waals surface area contributed by atoms with Crippen LogP contribution in [0, 0.1) is 0 Å². The highest BCUT2D eigenvalue weighted by atomic mass is 16.2. The Kier molecular flexibility index (Phi) is 4.20. The van der Waals surface area contributed by atoms with Gasteiger partial charge in [0.05, 0.1) is 13.1 Å². The number of urea groups is 1. The van der Waals surface area contributed by atoms with Gasteiger partial charge in [-0.1, -0.05) is 30.3 Å². The highest BCUT2D eigenvalue weighted by Crippen LogP contribution is 1.99. The number of carbonyl (C=O) groups excluding carboxylic acids is 1. The molecule has 0 aliphatic carbocycles. The Morgan fingerprint density at radius 1 is 1.33 bits per heavy atom. The van der Waals surface area contributed by atoms with Crippen LogP contribution in [0.15, 0.2) is 42.1 Å². The first-order valence-electron chi connectivity index (χ1n) is 6.12. The van der Waals surface area contributed by atoms with Crippen LogP contribution in [0.5, 0.6) is 0 Å². The first kappa shape index (κ1) is 12.4. The maximum absolute atomic E-state index is 10.6. The lowest BCUT2D eigenvalue weighted by atomic mass is 10.1. The number of benzene rings is 1. The van der Waals surface area contributed by atoms with E-state index in [-0.39, 0.29) is 0 Å². The number of carbonyl (C=O) groups is 1. The third kappa shape index (κ3) is 3.78. The molecule has 0 bridgehead atoms. The third-order valence-electron chi connectivity index (χ3n) is 3.03. The van der Waals surface area contributed by atoms with E-state index in [0.29, 0.717) is 0 Å². The van der Waals surface area contributed by atoms with Crippen molar-refractivity contribution in [1.82, 2.24) is 10.9 Å². The van der Waals surface area contributed by atoms with E-state index in [1.54, 1.807) is 0 Å². The van der Waals surface area contributed by atoms with Crippen molar-refractivity contribution in [3.8, 4) is 0 Å². The zero-order valence-corrected chi connectivity index (χ0v) is 10.3. The summed E-state index contributed by atoms with van der Waals surface area (Å²) < 4.78 is 0. The molecule has 5 nitrogen and oxygen atoms in total. The van der Waals surface area contributed by atoms with E-state index >= 15 is 0 Å². The Balaban J connectivity index is 1.81. The van der Waals surface area contributed by atoms with Crippen LogP contribution >= 0.6 is 0 Å². The van der Waals surface area contributed by atoms with Gasteiger partial charge >= 0.3 is 6.03 Å². The zero-order chi connectivity index (χ0) is 12.8. The molecule has 2 amide bonds. The molecule has 5 N–H and O–H groups in total. The maximum atomic E-state index is 10.6. The van der Waals surface area contributed by atoms with E-state index in [1.807, 2.05) is 6.07 Å². The second-order valence-electron chi connectivity index (χ2n) is 4.46. The molecule has 0 aromatic heterocycles. The van der Waals surface area contributed by atoms with Crippen molar-refractivity contribution in [3.63, 3.8) is 0 Å². The second kappa shape index (κ2) is 6.07. The summed E-state index contributed by atoms with van der Waals surface area (Å²) in [7, 11) is 0. The number of hydrogen-bond acceptors (Lipinski definition) is 2. The third-order valence-corrected chi connectivity index (χ3v) is 3.03. The average molecular weight is 247 g/mol. The minimum Gasteiger partial charge on any atom is -0.350 e. The van der Waals surface area contributed by atoms with Gasteiger partial charge in [0, 0.05) is 17.7 Å². The predicted octanol–water partition coefficient (Wildman–Crippen LogP) is -0.468. The smallest absolute Gasteiger partial charge is 0.330 e. The molecule has 18 heavy (non-hydrogen) atoms. The summed E-state index contributed by atoms with van der Waals surface area (Å²) in [6.07, 6.45) is 3.03. The minimum atomic E-state index is -0.560. The van der Waals surface area contributed by atoms with Crippen molar-refractivity contribution in [3.05, 3.63) is 47.7 Å². The highest BCUT2D eigenvalue weighted by Gasteiger charge is 2.14. The summed E-state index contributed by atoms with van der Waals surface area (Å²) in [4.78, 5) is 12.1. The molecule has 0 saturated carbocycles. The van der Waals surface area contributed by atoms with Gasteiger partial charge in [-0.05, 0) is 6.08 Å². The van der Waals surface area contributed by atoms with Crippen LogP contribution in [0.3, 0.4) is 0 Å². The van der Waals surface area contributed by atoms with Crippen LogP contribution in [0.1, 0.15) is 12.0 Å². The number of primary amides is 1. The summed E-state index contributed by atoms with van der Waals surface area (Å²) in [5.41, 5.74) is 12.6. The van der Waals surface area contributed by atoms with Gasteiger partial charge in [-0.2, -0.15) is 0 Å². The monoisotopic (exact) mass is 247 g/mol. The SMILES string of the molecule is NC(=O)NNC1=CC[NH+](Cc2ccccc2)CC1. The molecule has 1 aliphatic rings. The molecule has 0 saturated heterocycles. The van der Waals surface area contributed by atoms with Gasteiger partial charge in [0.2, 0.25) is 0 Å². The van der Waals surface area contributed by atoms with Crippen LogP contribution in [-0.2, 0) is 6.54 Å². The van der Waals surface area contributed by atoms with Gasteiger partial charge in [0.15, 0.2) is 0 Å². The fraction of sp³-hybridized carbons (Fsp3) is 0.308. The fourth-order valence-electron chi connectivity index (χ4n) is 2.08. The molecular weight excluding hydrogens is 228 g/mol. The molecule has 1 aromatic carbocycles. The van der Waals surface area contributed by atoms with Crippen molar-refractivity contribution >= 4 is 6.03 Å².